The summed E-state index contributed by atoms with van der Waals surface area (Å²) in [5.41, 5.74) is 4.32. The number of halogens is 1. The van der Waals surface area contributed by atoms with Crippen LogP contribution in [0.5, 0.6) is 0 Å². The second-order valence-electron chi connectivity index (χ2n) is 4.56. The van der Waals surface area contributed by atoms with Crippen LogP contribution in [0.3, 0.4) is 0 Å². The standard InChI is InChI=1S/C13H23IN2S/c1-3-5-6-10(4-2)7-12(16-15)11-8-13(14)17-9-11/h8-10,12,16H,3-7,15H2,1-2H3. The molecule has 0 fully saturated rings. The molecule has 0 aliphatic carbocycles. The Kier molecular flexibility index (Phi) is 7.66. The van der Waals surface area contributed by atoms with E-state index in [1.807, 2.05) is 0 Å². The lowest BCUT2D eigenvalue weighted by atomic mass is 9.90. The van der Waals surface area contributed by atoms with Gasteiger partial charge in [0.2, 0.25) is 0 Å². The highest BCUT2D eigenvalue weighted by atomic mass is 127. The summed E-state index contributed by atoms with van der Waals surface area (Å²) in [5.74, 6) is 6.48. The van der Waals surface area contributed by atoms with E-state index in [1.165, 1.54) is 34.1 Å². The monoisotopic (exact) mass is 366 g/mol. The van der Waals surface area contributed by atoms with Crippen molar-refractivity contribution in [3.8, 4) is 0 Å². The van der Waals surface area contributed by atoms with E-state index in [4.69, 9.17) is 5.84 Å². The zero-order chi connectivity index (χ0) is 12.7. The molecular weight excluding hydrogens is 343 g/mol. The van der Waals surface area contributed by atoms with Crippen molar-refractivity contribution in [1.29, 1.82) is 0 Å². The fraction of sp³-hybridized carbons (Fsp3) is 0.692. The quantitative estimate of drug-likeness (QED) is 0.405. The first-order valence-electron chi connectivity index (χ1n) is 6.41. The minimum atomic E-state index is 0.316. The molecule has 1 heterocycles. The van der Waals surface area contributed by atoms with Gasteiger partial charge in [-0.3, -0.25) is 11.3 Å². The second-order valence-corrected chi connectivity index (χ2v) is 7.36. The van der Waals surface area contributed by atoms with Gasteiger partial charge < -0.3 is 0 Å². The molecule has 2 unspecified atom stereocenters. The van der Waals surface area contributed by atoms with E-state index in [0.717, 1.165) is 12.3 Å². The molecular formula is C13H23IN2S. The van der Waals surface area contributed by atoms with Crippen molar-refractivity contribution < 1.29 is 0 Å². The van der Waals surface area contributed by atoms with Crippen LogP contribution in [0, 0.1) is 8.80 Å². The van der Waals surface area contributed by atoms with Crippen LogP contribution in [0.15, 0.2) is 11.4 Å². The van der Waals surface area contributed by atoms with Crippen LogP contribution in [0.1, 0.15) is 57.6 Å². The fourth-order valence-corrected chi connectivity index (χ4v) is 3.55. The van der Waals surface area contributed by atoms with E-state index in [0.29, 0.717) is 6.04 Å². The van der Waals surface area contributed by atoms with Crippen molar-refractivity contribution in [2.24, 2.45) is 11.8 Å². The largest absolute Gasteiger partial charge is 0.271 e. The van der Waals surface area contributed by atoms with Gasteiger partial charge in [-0.2, -0.15) is 0 Å². The van der Waals surface area contributed by atoms with Crippen LogP contribution in [-0.2, 0) is 0 Å². The van der Waals surface area contributed by atoms with Gasteiger partial charge in [0.15, 0.2) is 0 Å². The maximum atomic E-state index is 5.70. The Morgan fingerprint density at radius 2 is 2.24 bits per heavy atom. The zero-order valence-corrected chi connectivity index (χ0v) is 13.7. The van der Waals surface area contributed by atoms with E-state index >= 15 is 0 Å². The molecule has 3 N–H and O–H groups in total. The molecule has 0 amide bonds. The molecule has 0 saturated heterocycles. The minimum absolute atomic E-state index is 0.316. The predicted octanol–water partition coefficient (Wildman–Crippen LogP) is 4.46. The van der Waals surface area contributed by atoms with Crippen molar-refractivity contribution >= 4 is 33.9 Å². The third-order valence-electron chi connectivity index (χ3n) is 3.30. The summed E-state index contributed by atoms with van der Waals surface area (Å²) in [4.78, 5) is 0. The van der Waals surface area contributed by atoms with Gasteiger partial charge in [0.05, 0.1) is 2.88 Å². The molecule has 0 aromatic carbocycles. The zero-order valence-electron chi connectivity index (χ0n) is 10.7. The van der Waals surface area contributed by atoms with Gasteiger partial charge in [0, 0.05) is 6.04 Å². The molecule has 2 nitrogen and oxygen atoms in total. The van der Waals surface area contributed by atoms with Crippen molar-refractivity contribution in [3.63, 3.8) is 0 Å². The molecule has 0 saturated carbocycles. The third-order valence-corrected chi connectivity index (χ3v) is 5.11. The highest BCUT2D eigenvalue weighted by molar-refractivity contribution is 14.1. The van der Waals surface area contributed by atoms with Crippen molar-refractivity contribution in [2.45, 2.75) is 52.0 Å². The number of hydrazine groups is 1. The van der Waals surface area contributed by atoms with Crippen molar-refractivity contribution in [3.05, 3.63) is 19.9 Å². The van der Waals surface area contributed by atoms with Gasteiger partial charge in [-0.15, -0.1) is 11.3 Å². The normalized spacial score (nSPS) is 14.8. The van der Waals surface area contributed by atoms with Crippen LogP contribution < -0.4 is 11.3 Å². The van der Waals surface area contributed by atoms with Gasteiger partial charge >= 0.3 is 0 Å². The van der Waals surface area contributed by atoms with E-state index in [2.05, 4.69) is 53.3 Å². The Balaban J connectivity index is 2.55. The lowest BCUT2D eigenvalue weighted by Gasteiger charge is -2.21. The number of nitrogens with one attached hydrogen (secondary N) is 1. The molecule has 0 aliphatic rings. The molecule has 0 bridgehead atoms. The SMILES string of the molecule is CCCCC(CC)CC(NN)c1csc(I)c1. The van der Waals surface area contributed by atoms with Crippen molar-refractivity contribution in [1.82, 2.24) is 5.43 Å². The number of hydrogen-bond donors (Lipinski definition) is 2. The summed E-state index contributed by atoms with van der Waals surface area (Å²) in [6, 6.07) is 2.55. The first-order chi connectivity index (χ1) is 8.21. The van der Waals surface area contributed by atoms with Crippen LogP contribution in [-0.4, -0.2) is 0 Å². The average Bonchev–Trinajstić information content (AvgIpc) is 2.76. The van der Waals surface area contributed by atoms with Gasteiger partial charge in [-0.1, -0.05) is 39.5 Å². The first kappa shape index (κ1) is 15.4. The van der Waals surface area contributed by atoms with Crippen LogP contribution >= 0.6 is 33.9 Å². The van der Waals surface area contributed by atoms with Crippen LogP contribution in [0.2, 0.25) is 0 Å². The highest BCUT2D eigenvalue weighted by Gasteiger charge is 2.16. The number of thiophene rings is 1. The summed E-state index contributed by atoms with van der Waals surface area (Å²) < 4.78 is 1.33. The molecule has 0 aliphatic heterocycles. The smallest absolute Gasteiger partial charge is 0.0656 e. The van der Waals surface area contributed by atoms with Gasteiger partial charge in [-0.25, -0.2) is 0 Å². The molecule has 98 valence electrons. The van der Waals surface area contributed by atoms with Crippen molar-refractivity contribution in [2.75, 3.05) is 0 Å². The Hall–Kier alpha value is 0.350. The number of hydrogen-bond acceptors (Lipinski definition) is 3. The van der Waals surface area contributed by atoms with Gasteiger partial charge in [0.25, 0.3) is 0 Å². The van der Waals surface area contributed by atoms with Crippen LogP contribution in [0.25, 0.3) is 0 Å². The second kappa shape index (κ2) is 8.45. The molecule has 0 spiro atoms. The Labute approximate surface area is 122 Å². The third kappa shape index (κ3) is 5.24. The van der Waals surface area contributed by atoms with E-state index < -0.39 is 0 Å². The molecule has 2 atom stereocenters. The first-order valence-corrected chi connectivity index (χ1v) is 8.37. The van der Waals surface area contributed by atoms with Crippen LogP contribution in [0.4, 0.5) is 0 Å². The molecule has 0 radical (unpaired) electrons. The molecule has 4 heteroatoms. The number of rotatable bonds is 8. The predicted molar refractivity (Wildman–Crippen MR) is 85.0 cm³/mol. The Morgan fingerprint density at radius 1 is 1.47 bits per heavy atom. The topological polar surface area (TPSA) is 38.0 Å². The van der Waals surface area contributed by atoms with E-state index in [1.54, 1.807) is 11.3 Å². The fourth-order valence-electron chi connectivity index (χ4n) is 2.12. The minimum Gasteiger partial charge on any atom is -0.271 e. The highest BCUT2D eigenvalue weighted by Crippen LogP contribution is 2.29. The lowest BCUT2D eigenvalue weighted by molar-refractivity contribution is 0.357. The van der Waals surface area contributed by atoms with E-state index in [9.17, 15) is 0 Å². The van der Waals surface area contributed by atoms with Gasteiger partial charge in [-0.05, 0) is 51.9 Å². The van der Waals surface area contributed by atoms with Gasteiger partial charge in [0.1, 0.15) is 0 Å². The Morgan fingerprint density at radius 3 is 2.71 bits per heavy atom. The summed E-state index contributed by atoms with van der Waals surface area (Å²) in [7, 11) is 0. The summed E-state index contributed by atoms with van der Waals surface area (Å²) >= 11 is 4.16. The maximum Gasteiger partial charge on any atom is 0.0656 e. The van der Waals surface area contributed by atoms with E-state index in [-0.39, 0.29) is 0 Å². The lowest BCUT2D eigenvalue weighted by Crippen LogP contribution is -2.29. The average molecular weight is 366 g/mol. The summed E-state index contributed by atoms with van der Waals surface area (Å²) in [6.07, 6.45) is 6.34. The molecule has 1 rings (SSSR count). The number of nitrogens with two attached hydrogens (primary N) is 1. The Bertz CT molecular complexity index is 314. The molecule has 1 aromatic rings. The summed E-state index contributed by atoms with van der Waals surface area (Å²) in [5, 5.41) is 2.22. The molecule has 1 aromatic heterocycles. The summed E-state index contributed by atoms with van der Waals surface area (Å²) in [6.45, 7) is 4.54. The maximum absolute atomic E-state index is 5.70. The molecule has 17 heavy (non-hydrogen) atoms. The number of unbranched alkanes of at least 4 members (excludes halogenated alkanes) is 1.